The molecule has 1 atom stereocenters. The molecular weight excluding hydrogens is 378 g/mol. The number of benzene rings is 2. The lowest BCUT2D eigenvalue weighted by atomic mass is 9.32. The van der Waals surface area contributed by atoms with E-state index in [-0.39, 0.29) is 17.4 Å². The Balaban J connectivity index is 1.10. The molecule has 2 aromatic rings. The van der Waals surface area contributed by atoms with Gasteiger partial charge in [-0.15, -0.1) is 0 Å². The molecule has 1 saturated heterocycles. The number of carboxylic acid groups (broad SMARTS) is 1. The van der Waals surface area contributed by atoms with Crippen LogP contribution in [0.2, 0.25) is 0 Å². The summed E-state index contributed by atoms with van der Waals surface area (Å²) in [6.45, 7) is 1.76. The highest BCUT2D eigenvalue weighted by molar-refractivity contribution is 5.80. The van der Waals surface area contributed by atoms with E-state index >= 15 is 0 Å². The first-order valence-electron chi connectivity index (χ1n) is 10.8. The van der Waals surface area contributed by atoms with Crippen molar-refractivity contribution in [3.05, 3.63) is 59.7 Å². The van der Waals surface area contributed by atoms with Crippen LogP contribution in [0.15, 0.2) is 48.5 Å². The Bertz CT molecular complexity index is 995. The van der Waals surface area contributed by atoms with Crippen LogP contribution >= 0.6 is 0 Å². The van der Waals surface area contributed by atoms with Crippen LogP contribution in [0, 0.1) is 16.7 Å². The first-order chi connectivity index (χ1) is 14.5. The minimum Gasteiger partial charge on any atom is -0.481 e. The summed E-state index contributed by atoms with van der Waals surface area (Å²) in [6, 6.07) is 16.7. The van der Waals surface area contributed by atoms with Crippen LogP contribution < -0.4 is 0 Å². The SMILES string of the molecule is O=C(OCC1c2ccccc2-c2ccccc21)N1CCC(C23CC(C(=O)O)(C2)C3)C1. The Hall–Kier alpha value is -2.82. The number of carbonyl (C=O) groups is 2. The molecule has 3 saturated carbocycles. The molecule has 2 bridgehead atoms. The van der Waals surface area contributed by atoms with E-state index in [4.69, 9.17) is 4.74 Å². The van der Waals surface area contributed by atoms with Crippen molar-refractivity contribution in [1.29, 1.82) is 0 Å². The van der Waals surface area contributed by atoms with E-state index < -0.39 is 11.4 Å². The van der Waals surface area contributed by atoms with Crippen molar-refractivity contribution in [2.24, 2.45) is 16.7 Å². The molecule has 5 heteroatoms. The van der Waals surface area contributed by atoms with Crippen LogP contribution in [0.3, 0.4) is 0 Å². The van der Waals surface area contributed by atoms with Crippen molar-refractivity contribution < 1.29 is 19.4 Å². The number of hydrogen-bond acceptors (Lipinski definition) is 3. The molecule has 4 aliphatic carbocycles. The topological polar surface area (TPSA) is 66.8 Å². The third kappa shape index (κ3) is 2.35. The summed E-state index contributed by atoms with van der Waals surface area (Å²) in [6.07, 6.45) is 3.09. The minimum atomic E-state index is -0.643. The van der Waals surface area contributed by atoms with E-state index in [0.29, 0.717) is 25.6 Å². The molecule has 4 fully saturated rings. The lowest BCUT2D eigenvalue weighted by Gasteiger charge is -2.70. The zero-order valence-electron chi connectivity index (χ0n) is 16.8. The fourth-order valence-electron chi connectivity index (χ4n) is 6.64. The predicted molar refractivity (Wildman–Crippen MR) is 111 cm³/mol. The van der Waals surface area contributed by atoms with Gasteiger partial charge in [-0.1, -0.05) is 48.5 Å². The second-order valence-electron chi connectivity index (χ2n) is 9.71. The Morgan fingerprint density at radius 3 is 2.20 bits per heavy atom. The van der Waals surface area contributed by atoms with E-state index in [2.05, 4.69) is 24.3 Å². The molecule has 7 rings (SSSR count). The van der Waals surface area contributed by atoms with Crippen LogP contribution in [0.1, 0.15) is 42.7 Å². The summed E-state index contributed by atoms with van der Waals surface area (Å²) in [5.41, 5.74) is 4.61. The normalized spacial score (nSPS) is 30.8. The lowest BCUT2D eigenvalue weighted by molar-refractivity contribution is -0.240. The minimum absolute atomic E-state index is 0.0767. The second-order valence-corrected chi connectivity index (χ2v) is 9.71. The third-order valence-corrected chi connectivity index (χ3v) is 8.17. The van der Waals surface area contributed by atoms with Crippen molar-refractivity contribution in [3.8, 4) is 11.1 Å². The Labute approximate surface area is 175 Å². The van der Waals surface area contributed by atoms with Crippen molar-refractivity contribution in [2.45, 2.75) is 31.6 Å². The fraction of sp³-hybridized carbons (Fsp3) is 0.440. The van der Waals surface area contributed by atoms with Gasteiger partial charge in [0.25, 0.3) is 0 Å². The molecule has 1 unspecified atom stereocenters. The zero-order valence-corrected chi connectivity index (χ0v) is 16.8. The molecule has 1 heterocycles. The number of fused-ring (bicyclic) bond motifs is 3. The number of rotatable bonds is 4. The maximum absolute atomic E-state index is 12.8. The number of carboxylic acids is 1. The molecule has 1 amide bonds. The molecule has 5 nitrogen and oxygen atoms in total. The van der Waals surface area contributed by atoms with Crippen LogP contribution in [0.5, 0.6) is 0 Å². The van der Waals surface area contributed by atoms with Crippen LogP contribution in [0.25, 0.3) is 11.1 Å². The van der Waals surface area contributed by atoms with Crippen LogP contribution in [0.4, 0.5) is 4.79 Å². The number of likely N-dealkylation sites (tertiary alicyclic amines) is 1. The van der Waals surface area contributed by atoms with Gasteiger partial charge in [-0.05, 0) is 59.3 Å². The van der Waals surface area contributed by atoms with Crippen molar-refractivity contribution in [1.82, 2.24) is 4.90 Å². The Kier molecular flexibility index (Phi) is 3.66. The van der Waals surface area contributed by atoms with Gasteiger partial charge in [-0.3, -0.25) is 4.79 Å². The third-order valence-electron chi connectivity index (χ3n) is 8.17. The molecule has 1 N–H and O–H groups in total. The van der Waals surface area contributed by atoms with E-state index in [9.17, 15) is 14.7 Å². The summed E-state index contributed by atoms with van der Waals surface area (Å²) < 4.78 is 5.80. The first-order valence-corrected chi connectivity index (χ1v) is 10.8. The van der Waals surface area contributed by atoms with E-state index in [1.165, 1.54) is 22.3 Å². The highest BCUT2D eigenvalue weighted by Crippen LogP contribution is 2.77. The van der Waals surface area contributed by atoms with Gasteiger partial charge in [-0.25, -0.2) is 4.79 Å². The number of aliphatic carboxylic acids is 1. The number of nitrogens with zero attached hydrogens (tertiary/aromatic N) is 1. The van der Waals surface area contributed by atoms with E-state index in [0.717, 1.165) is 25.7 Å². The maximum Gasteiger partial charge on any atom is 0.409 e. The largest absolute Gasteiger partial charge is 0.481 e. The monoisotopic (exact) mass is 403 g/mol. The lowest BCUT2D eigenvalue weighted by Crippen LogP contribution is -2.68. The standard InChI is InChI=1S/C25H25NO4/c27-22(28)25-13-24(14-25,15-25)16-9-10-26(11-16)23(29)30-12-21-19-7-3-1-5-17(19)18-6-2-4-8-20(18)21/h1-8,16,21H,9-15H2,(H,27,28). The zero-order chi connectivity index (χ0) is 20.5. The maximum atomic E-state index is 12.8. The first kappa shape index (κ1) is 18.0. The highest BCUT2D eigenvalue weighted by Gasteiger charge is 2.74. The molecule has 0 radical (unpaired) electrons. The van der Waals surface area contributed by atoms with Crippen LogP contribution in [-0.2, 0) is 9.53 Å². The molecule has 0 spiro atoms. The number of ether oxygens (including phenoxy) is 1. The van der Waals surface area contributed by atoms with Gasteiger partial charge in [0.1, 0.15) is 6.61 Å². The molecule has 2 aromatic carbocycles. The van der Waals surface area contributed by atoms with E-state index in [1.54, 1.807) is 0 Å². The average Bonchev–Trinajstić information content (AvgIpc) is 3.28. The Morgan fingerprint density at radius 2 is 1.60 bits per heavy atom. The van der Waals surface area contributed by atoms with Gasteiger partial charge >= 0.3 is 12.1 Å². The molecule has 5 aliphatic rings. The Morgan fingerprint density at radius 1 is 1.00 bits per heavy atom. The van der Waals surface area contributed by atoms with Crippen molar-refractivity contribution in [3.63, 3.8) is 0 Å². The van der Waals surface area contributed by atoms with Gasteiger partial charge in [-0.2, -0.15) is 0 Å². The number of carbonyl (C=O) groups excluding carboxylic acids is 1. The van der Waals surface area contributed by atoms with Gasteiger partial charge in [0, 0.05) is 19.0 Å². The highest BCUT2D eigenvalue weighted by atomic mass is 16.6. The average molecular weight is 403 g/mol. The molecular formula is C25H25NO4. The van der Waals surface area contributed by atoms with Gasteiger partial charge in [0.15, 0.2) is 0 Å². The summed E-state index contributed by atoms with van der Waals surface area (Å²) in [4.78, 5) is 26.0. The molecule has 154 valence electrons. The summed E-state index contributed by atoms with van der Waals surface area (Å²) in [5, 5.41) is 9.36. The number of hydrogen-bond donors (Lipinski definition) is 1. The van der Waals surface area contributed by atoms with Crippen molar-refractivity contribution in [2.75, 3.05) is 19.7 Å². The summed E-state index contributed by atoms with van der Waals surface area (Å²) >= 11 is 0. The molecule has 30 heavy (non-hydrogen) atoms. The van der Waals surface area contributed by atoms with Gasteiger partial charge in [0.2, 0.25) is 0 Å². The van der Waals surface area contributed by atoms with Gasteiger partial charge < -0.3 is 14.7 Å². The molecule has 1 aliphatic heterocycles. The van der Waals surface area contributed by atoms with E-state index in [1.807, 2.05) is 29.2 Å². The van der Waals surface area contributed by atoms with Gasteiger partial charge in [0.05, 0.1) is 5.41 Å². The molecule has 0 aromatic heterocycles. The van der Waals surface area contributed by atoms with Crippen LogP contribution in [-0.4, -0.2) is 41.8 Å². The number of amides is 1. The quantitative estimate of drug-likeness (QED) is 0.816. The second kappa shape index (κ2) is 6.10. The predicted octanol–water partition coefficient (Wildman–Crippen LogP) is 4.51. The van der Waals surface area contributed by atoms with Crippen molar-refractivity contribution >= 4 is 12.1 Å². The smallest absolute Gasteiger partial charge is 0.409 e. The summed E-state index contributed by atoms with van der Waals surface area (Å²) in [5.74, 6) is -0.150. The fourth-order valence-corrected chi connectivity index (χ4v) is 6.64. The summed E-state index contributed by atoms with van der Waals surface area (Å²) in [7, 11) is 0.